The van der Waals surface area contributed by atoms with Gasteiger partial charge in [0, 0.05) is 29.9 Å². The molecule has 0 aromatic carbocycles. The summed E-state index contributed by atoms with van der Waals surface area (Å²) in [7, 11) is 1.36. The normalized spacial score (nSPS) is 11.3. The van der Waals surface area contributed by atoms with Gasteiger partial charge in [-0.2, -0.15) is 0 Å². The molecule has 0 aliphatic heterocycles. The smallest absolute Gasteiger partial charge is 0.341 e. The second kappa shape index (κ2) is 6.41. The Kier molecular flexibility index (Phi) is 4.08. The fourth-order valence-electron chi connectivity index (χ4n) is 2.84. The fourth-order valence-corrected chi connectivity index (χ4v) is 3.71. The number of thioether (sulfide) groups is 1. The number of aryl methyl sites for hydroxylation is 2. The highest BCUT2D eigenvalue weighted by Crippen LogP contribution is 2.23. The summed E-state index contributed by atoms with van der Waals surface area (Å²) in [6.45, 7) is 3.87. The third kappa shape index (κ3) is 2.80. The van der Waals surface area contributed by atoms with Crippen molar-refractivity contribution in [3.05, 3.63) is 53.4 Å². The number of hydrogen-bond donors (Lipinski definition) is 0. The molecule has 9 heteroatoms. The quantitative estimate of drug-likeness (QED) is 0.404. The maximum Gasteiger partial charge on any atom is 0.341 e. The second-order valence-corrected chi connectivity index (χ2v) is 6.73. The first kappa shape index (κ1) is 16.5. The van der Waals surface area contributed by atoms with Gasteiger partial charge in [0.2, 0.25) is 0 Å². The van der Waals surface area contributed by atoms with Gasteiger partial charge in [-0.25, -0.2) is 14.8 Å². The van der Waals surface area contributed by atoms with Crippen LogP contribution in [-0.4, -0.2) is 42.0 Å². The summed E-state index contributed by atoms with van der Waals surface area (Å²) in [5, 5.41) is 9.22. The van der Waals surface area contributed by atoms with E-state index in [0.717, 1.165) is 28.0 Å². The molecule has 4 heterocycles. The lowest BCUT2D eigenvalue weighted by Crippen LogP contribution is -2.03. The Morgan fingerprint density at radius 2 is 2.12 bits per heavy atom. The van der Waals surface area contributed by atoms with Crippen molar-refractivity contribution in [3.8, 4) is 0 Å². The molecule has 26 heavy (non-hydrogen) atoms. The zero-order chi connectivity index (χ0) is 18.3. The fraction of sp³-hybridized carbons (Fsp3) is 0.235. The van der Waals surface area contributed by atoms with Crippen LogP contribution < -0.4 is 0 Å². The predicted octanol–water partition coefficient (Wildman–Crippen LogP) is 2.47. The first-order valence-electron chi connectivity index (χ1n) is 7.94. The monoisotopic (exact) mass is 368 g/mol. The summed E-state index contributed by atoms with van der Waals surface area (Å²) in [5.74, 6) is 1.03. The summed E-state index contributed by atoms with van der Waals surface area (Å²) in [6, 6.07) is 5.40. The average Bonchev–Trinajstić information content (AvgIpc) is 3.22. The summed E-state index contributed by atoms with van der Waals surface area (Å²) in [6.07, 6.45) is 3.75. The van der Waals surface area contributed by atoms with E-state index < -0.39 is 5.97 Å². The highest BCUT2D eigenvalue weighted by molar-refractivity contribution is 7.98. The van der Waals surface area contributed by atoms with Crippen molar-refractivity contribution in [2.24, 2.45) is 0 Å². The Labute approximate surface area is 153 Å². The van der Waals surface area contributed by atoms with Gasteiger partial charge >= 0.3 is 5.97 Å². The molecule has 0 spiro atoms. The Bertz CT molecular complexity index is 1130. The Hall–Kier alpha value is -2.94. The highest BCUT2D eigenvalue weighted by Gasteiger charge is 2.15. The number of esters is 1. The van der Waals surface area contributed by atoms with Crippen LogP contribution in [0.5, 0.6) is 0 Å². The van der Waals surface area contributed by atoms with Crippen LogP contribution in [0.4, 0.5) is 0 Å². The van der Waals surface area contributed by atoms with Gasteiger partial charge in [0.1, 0.15) is 11.4 Å². The molecule has 0 unspecified atom stereocenters. The van der Waals surface area contributed by atoms with Crippen LogP contribution in [-0.2, 0) is 10.5 Å². The number of pyridine rings is 1. The minimum Gasteiger partial charge on any atom is -0.465 e. The van der Waals surface area contributed by atoms with Crippen molar-refractivity contribution in [1.82, 2.24) is 29.0 Å². The molecule has 0 saturated heterocycles. The van der Waals surface area contributed by atoms with Gasteiger partial charge in [0.05, 0.1) is 12.8 Å². The standard InChI is InChI=1S/C17H16N6O2S/c1-10-7-14-20-21-17(23(14)11(2)18-10)26-9-12-8-22-6-4-5-13(15(22)19-12)16(24)25-3/h4-8H,9H2,1-3H3. The first-order valence-corrected chi connectivity index (χ1v) is 8.92. The number of hydrogen-bond acceptors (Lipinski definition) is 7. The van der Waals surface area contributed by atoms with Crippen LogP contribution in [0.15, 0.2) is 35.7 Å². The zero-order valence-corrected chi connectivity index (χ0v) is 15.3. The van der Waals surface area contributed by atoms with E-state index >= 15 is 0 Å². The summed E-state index contributed by atoms with van der Waals surface area (Å²) < 4.78 is 8.56. The van der Waals surface area contributed by atoms with Crippen molar-refractivity contribution >= 4 is 29.0 Å². The average molecular weight is 368 g/mol. The molecule has 0 amide bonds. The summed E-state index contributed by atoms with van der Waals surface area (Å²) >= 11 is 1.52. The molecule has 0 atom stereocenters. The number of imidazole rings is 1. The van der Waals surface area contributed by atoms with Crippen molar-refractivity contribution in [3.63, 3.8) is 0 Å². The Morgan fingerprint density at radius 3 is 2.92 bits per heavy atom. The van der Waals surface area contributed by atoms with E-state index in [1.165, 1.54) is 18.9 Å². The Morgan fingerprint density at radius 1 is 1.27 bits per heavy atom. The minimum absolute atomic E-state index is 0.402. The van der Waals surface area contributed by atoms with Crippen LogP contribution >= 0.6 is 11.8 Å². The minimum atomic E-state index is -0.402. The van der Waals surface area contributed by atoms with Gasteiger partial charge in [-0.1, -0.05) is 11.8 Å². The molecule has 4 aromatic heterocycles. The number of ether oxygens (including phenoxy) is 1. The Balaban J connectivity index is 1.64. The lowest BCUT2D eigenvalue weighted by molar-refractivity contribution is 0.0602. The second-order valence-electron chi connectivity index (χ2n) is 5.79. The molecule has 0 radical (unpaired) electrons. The number of methoxy groups -OCH3 is 1. The van der Waals surface area contributed by atoms with Crippen molar-refractivity contribution < 1.29 is 9.53 Å². The first-order chi connectivity index (χ1) is 12.6. The summed E-state index contributed by atoms with van der Waals surface area (Å²) in [4.78, 5) is 20.9. The number of carbonyl (C=O) groups excluding carboxylic acids is 1. The number of nitrogens with zero attached hydrogens (tertiary/aromatic N) is 6. The van der Waals surface area contributed by atoms with Crippen LogP contribution in [0.1, 0.15) is 27.6 Å². The maximum absolute atomic E-state index is 11.9. The van der Waals surface area contributed by atoms with Gasteiger partial charge in [0.25, 0.3) is 0 Å². The molecular formula is C17H16N6O2S. The molecule has 4 rings (SSSR count). The number of rotatable bonds is 4. The lowest BCUT2D eigenvalue weighted by atomic mass is 10.3. The van der Waals surface area contributed by atoms with E-state index in [2.05, 4.69) is 20.2 Å². The molecule has 132 valence electrons. The van der Waals surface area contributed by atoms with Gasteiger partial charge < -0.3 is 9.14 Å². The maximum atomic E-state index is 11.9. The SMILES string of the molecule is COC(=O)c1cccn2cc(CSc3nnc4cc(C)nc(C)n34)nc12. The lowest BCUT2D eigenvalue weighted by Gasteiger charge is -2.03. The van der Waals surface area contributed by atoms with E-state index in [0.29, 0.717) is 17.0 Å². The van der Waals surface area contributed by atoms with Crippen LogP contribution in [0.2, 0.25) is 0 Å². The van der Waals surface area contributed by atoms with Crippen molar-refractivity contribution in [2.75, 3.05) is 7.11 Å². The van der Waals surface area contributed by atoms with Crippen LogP contribution in [0.25, 0.3) is 11.3 Å². The molecule has 0 aliphatic rings. The van der Waals surface area contributed by atoms with E-state index in [1.54, 1.807) is 12.1 Å². The molecule has 0 saturated carbocycles. The largest absolute Gasteiger partial charge is 0.465 e. The zero-order valence-electron chi connectivity index (χ0n) is 14.5. The van der Waals surface area contributed by atoms with E-state index in [9.17, 15) is 4.79 Å². The number of fused-ring (bicyclic) bond motifs is 2. The summed E-state index contributed by atoms with van der Waals surface area (Å²) in [5.41, 5.74) is 3.54. The molecule has 0 bridgehead atoms. The van der Waals surface area contributed by atoms with E-state index in [4.69, 9.17) is 4.74 Å². The van der Waals surface area contributed by atoms with E-state index in [1.807, 2.05) is 41.1 Å². The molecule has 0 N–H and O–H groups in total. The molecule has 4 aromatic rings. The van der Waals surface area contributed by atoms with Gasteiger partial charge in [-0.3, -0.25) is 4.40 Å². The third-order valence-electron chi connectivity index (χ3n) is 3.95. The molecule has 0 aliphatic carbocycles. The number of aromatic nitrogens is 6. The highest BCUT2D eigenvalue weighted by atomic mass is 32.2. The molecule has 0 fully saturated rings. The number of carbonyl (C=O) groups is 1. The molecule has 8 nitrogen and oxygen atoms in total. The van der Waals surface area contributed by atoms with E-state index in [-0.39, 0.29) is 0 Å². The van der Waals surface area contributed by atoms with Crippen LogP contribution in [0.3, 0.4) is 0 Å². The van der Waals surface area contributed by atoms with Gasteiger partial charge in [0.15, 0.2) is 16.5 Å². The van der Waals surface area contributed by atoms with Crippen molar-refractivity contribution in [1.29, 1.82) is 0 Å². The topological polar surface area (TPSA) is 86.7 Å². The van der Waals surface area contributed by atoms with Gasteiger partial charge in [-0.05, 0) is 26.0 Å². The third-order valence-corrected chi connectivity index (χ3v) is 4.91. The van der Waals surface area contributed by atoms with Gasteiger partial charge in [-0.15, -0.1) is 10.2 Å². The van der Waals surface area contributed by atoms with Crippen molar-refractivity contribution in [2.45, 2.75) is 24.8 Å². The molecular weight excluding hydrogens is 352 g/mol. The van der Waals surface area contributed by atoms with Crippen LogP contribution in [0, 0.1) is 13.8 Å². The predicted molar refractivity (Wildman–Crippen MR) is 96.3 cm³/mol.